The minimum absolute atomic E-state index is 0.0365. The minimum Gasteiger partial charge on any atom is -0.338 e. The van der Waals surface area contributed by atoms with Crippen molar-refractivity contribution in [3.05, 3.63) is 76.5 Å². The third-order valence-electron chi connectivity index (χ3n) is 5.02. The second kappa shape index (κ2) is 8.53. The first-order valence-electron chi connectivity index (χ1n) is 9.49. The van der Waals surface area contributed by atoms with Crippen molar-refractivity contribution in [2.45, 2.75) is 23.7 Å². The van der Waals surface area contributed by atoms with Crippen LogP contribution in [0.4, 0.5) is 10.1 Å². The summed E-state index contributed by atoms with van der Waals surface area (Å²) in [4.78, 5) is 19.1. The van der Waals surface area contributed by atoms with E-state index in [0.29, 0.717) is 24.3 Å². The van der Waals surface area contributed by atoms with E-state index in [0.717, 1.165) is 30.0 Å². The first kappa shape index (κ1) is 20.5. The number of rotatable bonds is 5. The molecule has 30 heavy (non-hydrogen) atoms. The van der Waals surface area contributed by atoms with Crippen LogP contribution in [-0.2, 0) is 10.0 Å². The number of likely N-dealkylation sites (tertiary alicyclic amines) is 1. The van der Waals surface area contributed by atoms with Crippen LogP contribution in [0, 0.1) is 5.82 Å². The molecule has 1 unspecified atom stereocenters. The molecule has 0 bridgehead atoms. The van der Waals surface area contributed by atoms with E-state index in [9.17, 15) is 17.6 Å². The van der Waals surface area contributed by atoms with Gasteiger partial charge in [-0.15, -0.1) is 11.3 Å². The number of carbonyl (C=O) groups is 1. The van der Waals surface area contributed by atoms with Crippen molar-refractivity contribution in [3.8, 4) is 0 Å². The minimum atomic E-state index is -3.83. The van der Waals surface area contributed by atoms with Crippen molar-refractivity contribution in [2.75, 3.05) is 17.8 Å². The Morgan fingerprint density at radius 1 is 1.13 bits per heavy atom. The highest BCUT2D eigenvalue weighted by atomic mass is 32.2. The van der Waals surface area contributed by atoms with Gasteiger partial charge in [0.2, 0.25) is 0 Å². The predicted octanol–water partition coefficient (Wildman–Crippen LogP) is 4.10. The van der Waals surface area contributed by atoms with E-state index in [1.807, 2.05) is 10.3 Å². The van der Waals surface area contributed by atoms with Gasteiger partial charge in [0.15, 0.2) is 0 Å². The van der Waals surface area contributed by atoms with E-state index in [-0.39, 0.29) is 16.7 Å². The summed E-state index contributed by atoms with van der Waals surface area (Å²) in [5.74, 6) is -0.333. The van der Waals surface area contributed by atoms with E-state index in [1.54, 1.807) is 41.8 Å². The van der Waals surface area contributed by atoms with Gasteiger partial charge in [-0.2, -0.15) is 0 Å². The Balaban J connectivity index is 1.44. The van der Waals surface area contributed by atoms with Gasteiger partial charge in [0, 0.05) is 41.8 Å². The first-order chi connectivity index (χ1) is 14.4. The van der Waals surface area contributed by atoms with Crippen LogP contribution in [0.2, 0.25) is 0 Å². The Kier molecular flexibility index (Phi) is 5.83. The van der Waals surface area contributed by atoms with Crippen molar-refractivity contribution in [1.29, 1.82) is 0 Å². The zero-order chi connectivity index (χ0) is 21.1. The zero-order valence-corrected chi connectivity index (χ0v) is 17.6. The van der Waals surface area contributed by atoms with Gasteiger partial charge in [0.05, 0.1) is 9.90 Å². The molecular weight excluding hydrogens is 425 g/mol. The Morgan fingerprint density at radius 2 is 1.87 bits per heavy atom. The number of anilines is 1. The molecule has 1 aliphatic heterocycles. The number of amides is 1. The van der Waals surface area contributed by atoms with E-state index < -0.39 is 15.8 Å². The maximum absolute atomic E-state index is 13.0. The molecule has 1 atom stereocenters. The number of halogens is 1. The smallest absolute Gasteiger partial charge is 0.261 e. The van der Waals surface area contributed by atoms with Crippen LogP contribution in [0.3, 0.4) is 0 Å². The Bertz CT molecular complexity index is 1120. The fraction of sp³-hybridized carbons (Fsp3) is 0.238. The van der Waals surface area contributed by atoms with Crippen molar-refractivity contribution >= 4 is 33.0 Å². The molecule has 3 aromatic rings. The molecule has 1 N–H and O–H groups in total. The maximum Gasteiger partial charge on any atom is 0.261 e. The number of aromatic nitrogens is 1. The number of piperidine rings is 1. The molecule has 2 aromatic carbocycles. The molecule has 0 spiro atoms. The molecule has 9 heteroatoms. The van der Waals surface area contributed by atoms with Crippen LogP contribution in [0.1, 0.15) is 34.1 Å². The van der Waals surface area contributed by atoms with Crippen LogP contribution >= 0.6 is 11.3 Å². The van der Waals surface area contributed by atoms with Gasteiger partial charge in [-0.25, -0.2) is 17.8 Å². The molecule has 6 nitrogen and oxygen atoms in total. The monoisotopic (exact) mass is 445 g/mol. The molecule has 1 amide bonds. The van der Waals surface area contributed by atoms with Crippen LogP contribution in [0.25, 0.3) is 0 Å². The molecule has 156 valence electrons. The van der Waals surface area contributed by atoms with Crippen LogP contribution in [0.5, 0.6) is 0 Å². The average Bonchev–Trinajstić information content (AvgIpc) is 3.29. The van der Waals surface area contributed by atoms with Crippen molar-refractivity contribution in [3.63, 3.8) is 0 Å². The van der Waals surface area contributed by atoms with E-state index in [2.05, 4.69) is 9.71 Å². The second-order valence-electron chi connectivity index (χ2n) is 7.10. The molecule has 1 aliphatic rings. The SMILES string of the molecule is O=C(c1ccc(NS(=O)(=O)c2ccc(F)cc2)cc1)N1CCCC(c2nccs2)C1. The fourth-order valence-corrected chi connectivity index (χ4v) is 5.32. The molecule has 4 rings (SSSR count). The average molecular weight is 446 g/mol. The second-order valence-corrected chi connectivity index (χ2v) is 9.71. The molecule has 0 saturated carbocycles. The van der Waals surface area contributed by atoms with Crippen molar-refractivity contribution in [2.24, 2.45) is 0 Å². The van der Waals surface area contributed by atoms with Crippen LogP contribution in [-0.4, -0.2) is 37.3 Å². The highest BCUT2D eigenvalue weighted by Gasteiger charge is 2.27. The molecule has 2 heterocycles. The number of nitrogens with one attached hydrogen (secondary N) is 1. The topological polar surface area (TPSA) is 79.4 Å². The van der Waals surface area contributed by atoms with Gasteiger partial charge >= 0.3 is 0 Å². The molecule has 1 saturated heterocycles. The van der Waals surface area contributed by atoms with Crippen LogP contribution in [0.15, 0.2) is 65.0 Å². The molecule has 0 aliphatic carbocycles. The number of nitrogens with zero attached hydrogens (tertiary/aromatic N) is 2. The summed E-state index contributed by atoms with van der Waals surface area (Å²) in [5, 5.41) is 3.00. The highest BCUT2D eigenvalue weighted by molar-refractivity contribution is 7.92. The standard InChI is InChI=1S/C21H20FN3O3S2/c22-17-5-9-19(10-6-17)30(27,28)24-18-7-3-15(4-8-18)21(26)25-12-1-2-16(14-25)20-23-11-13-29-20/h3-11,13,16,24H,1-2,12,14H2. The molecule has 1 fully saturated rings. The summed E-state index contributed by atoms with van der Waals surface area (Å²) >= 11 is 1.61. The maximum atomic E-state index is 13.0. The van der Waals surface area contributed by atoms with Gasteiger partial charge in [-0.05, 0) is 61.4 Å². The predicted molar refractivity (Wildman–Crippen MR) is 114 cm³/mol. The number of thiazole rings is 1. The third kappa shape index (κ3) is 4.52. The molecular formula is C21H20FN3O3S2. The number of hydrogen-bond acceptors (Lipinski definition) is 5. The number of hydrogen-bond donors (Lipinski definition) is 1. The molecule has 1 aromatic heterocycles. The van der Waals surface area contributed by atoms with Gasteiger partial charge < -0.3 is 4.90 Å². The van der Waals surface area contributed by atoms with Crippen molar-refractivity contribution in [1.82, 2.24) is 9.88 Å². The Hall–Kier alpha value is -2.78. The summed E-state index contributed by atoms with van der Waals surface area (Å²) in [6.07, 6.45) is 3.72. The van der Waals surface area contributed by atoms with Crippen molar-refractivity contribution < 1.29 is 17.6 Å². The zero-order valence-electron chi connectivity index (χ0n) is 16.0. The van der Waals surface area contributed by atoms with Crippen LogP contribution < -0.4 is 4.72 Å². The number of sulfonamides is 1. The largest absolute Gasteiger partial charge is 0.338 e. The summed E-state index contributed by atoms with van der Waals surface area (Å²) in [5.41, 5.74) is 0.828. The molecule has 0 radical (unpaired) electrons. The Morgan fingerprint density at radius 3 is 2.53 bits per heavy atom. The van der Waals surface area contributed by atoms with E-state index in [4.69, 9.17) is 0 Å². The number of benzene rings is 2. The quantitative estimate of drug-likeness (QED) is 0.641. The van der Waals surface area contributed by atoms with E-state index in [1.165, 1.54) is 12.1 Å². The Labute approximate surface area is 178 Å². The van der Waals surface area contributed by atoms with Gasteiger partial charge in [0.1, 0.15) is 5.82 Å². The lowest BCUT2D eigenvalue weighted by Gasteiger charge is -2.32. The van der Waals surface area contributed by atoms with Gasteiger partial charge in [-0.3, -0.25) is 9.52 Å². The lowest BCUT2D eigenvalue weighted by Crippen LogP contribution is -2.39. The third-order valence-corrected chi connectivity index (χ3v) is 7.35. The lowest BCUT2D eigenvalue weighted by atomic mass is 9.98. The normalized spacial score (nSPS) is 17.0. The van der Waals surface area contributed by atoms with Gasteiger partial charge in [-0.1, -0.05) is 0 Å². The van der Waals surface area contributed by atoms with Gasteiger partial charge in [0.25, 0.3) is 15.9 Å². The highest BCUT2D eigenvalue weighted by Crippen LogP contribution is 2.29. The summed E-state index contributed by atoms with van der Waals surface area (Å²) in [7, 11) is -3.83. The lowest BCUT2D eigenvalue weighted by molar-refractivity contribution is 0.0707. The summed E-state index contributed by atoms with van der Waals surface area (Å²) in [6.45, 7) is 1.32. The van der Waals surface area contributed by atoms with E-state index >= 15 is 0 Å². The fourth-order valence-electron chi connectivity index (χ4n) is 3.49. The summed E-state index contributed by atoms with van der Waals surface area (Å²) < 4.78 is 40.3. The first-order valence-corrected chi connectivity index (χ1v) is 11.9. The number of carbonyl (C=O) groups excluding carboxylic acids is 1. The summed E-state index contributed by atoms with van der Waals surface area (Å²) in [6, 6.07) is 10.9.